The number of nitro groups is 1. The van der Waals surface area contributed by atoms with E-state index >= 15 is 0 Å². The van der Waals surface area contributed by atoms with Crippen LogP contribution in [0.2, 0.25) is 0 Å². The number of hydrogen-bond acceptors (Lipinski definition) is 6. The molecule has 0 aliphatic heterocycles. The SMILES string of the molecule is COc1ccc(CCNC(=O)[C@@H](C)Oc2cc([N+](=O)[O-])ccc2OC)cc1. The minimum Gasteiger partial charge on any atom is -0.497 e. The van der Waals surface area contributed by atoms with E-state index in [0.29, 0.717) is 18.7 Å². The number of benzene rings is 2. The largest absolute Gasteiger partial charge is 0.497 e. The third kappa shape index (κ3) is 5.60. The van der Waals surface area contributed by atoms with Gasteiger partial charge in [-0.25, -0.2) is 0 Å². The number of rotatable bonds is 9. The van der Waals surface area contributed by atoms with Crippen LogP contribution in [0.25, 0.3) is 0 Å². The summed E-state index contributed by atoms with van der Waals surface area (Å²) in [7, 11) is 3.03. The zero-order chi connectivity index (χ0) is 19.8. The highest BCUT2D eigenvalue weighted by molar-refractivity contribution is 5.80. The molecule has 0 spiro atoms. The molecule has 0 saturated carbocycles. The van der Waals surface area contributed by atoms with Gasteiger partial charge in [0, 0.05) is 12.6 Å². The molecule has 27 heavy (non-hydrogen) atoms. The van der Waals surface area contributed by atoms with Crippen LogP contribution in [0.5, 0.6) is 17.2 Å². The van der Waals surface area contributed by atoms with Crippen LogP contribution in [0.3, 0.4) is 0 Å². The van der Waals surface area contributed by atoms with E-state index < -0.39 is 11.0 Å². The maximum atomic E-state index is 12.2. The molecule has 2 aromatic rings. The standard InChI is InChI=1S/C19H22N2O6/c1-13(27-18-12-15(21(23)24)6-9-17(18)26-3)19(22)20-11-10-14-4-7-16(25-2)8-5-14/h4-9,12-13H,10-11H2,1-3H3,(H,20,22)/t13-/m1/s1. The van der Waals surface area contributed by atoms with E-state index in [-0.39, 0.29) is 17.3 Å². The number of hydrogen-bond donors (Lipinski definition) is 1. The smallest absolute Gasteiger partial charge is 0.273 e. The number of non-ortho nitro benzene ring substituents is 1. The normalized spacial score (nSPS) is 11.4. The summed E-state index contributed by atoms with van der Waals surface area (Å²) in [6.45, 7) is 2.01. The Kier molecular flexibility index (Phi) is 6.99. The van der Waals surface area contributed by atoms with Gasteiger partial charge in [0.05, 0.1) is 25.2 Å². The van der Waals surface area contributed by atoms with Crippen molar-refractivity contribution in [1.29, 1.82) is 0 Å². The van der Waals surface area contributed by atoms with Gasteiger partial charge in [0.1, 0.15) is 5.75 Å². The summed E-state index contributed by atoms with van der Waals surface area (Å²) in [4.78, 5) is 22.6. The predicted molar refractivity (Wildman–Crippen MR) is 99.4 cm³/mol. The van der Waals surface area contributed by atoms with E-state index in [4.69, 9.17) is 14.2 Å². The monoisotopic (exact) mass is 374 g/mol. The predicted octanol–water partition coefficient (Wildman–Crippen LogP) is 2.74. The Morgan fingerprint density at radius 3 is 2.41 bits per heavy atom. The maximum absolute atomic E-state index is 12.2. The highest BCUT2D eigenvalue weighted by Gasteiger charge is 2.19. The summed E-state index contributed by atoms with van der Waals surface area (Å²) in [5, 5.41) is 13.7. The fourth-order valence-electron chi connectivity index (χ4n) is 2.38. The average Bonchev–Trinajstić information content (AvgIpc) is 2.68. The van der Waals surface area contributed by atoms with Gasteiger partial charge in [-0.1, -0.05) is 12.1 Å². The first-order valence-electron chi connectivity index (χ1n) is 8.34. The van der Waals surface area contributed by atoms with Crippen LogP contribution in [-0.2, 0) is 11.2 Å². The number of nitrogens with zero attached hydrogens (tertiary/aromatic N) is 1. The molecule has 2 aromatic carbocycles. The minimum absolute atomic E-state index is 0.141. The number of nitro benzene ring substituents is 1. The molecule has 0 fully saturated rings. The van der Waals surface area contributed by atoms with Crippen molar-refractivity contribution in [3.8, 4) is 17.2 Å². The van der Waals surface area contributed by atoms with Crippen LogP contribution in [-0.4, -0.2) is 37.7 Å². The van der Waals surface area contributed by atoms with Crippen LogP contribution in [0.15, 0.2) is 42.5 Å². The first-order chi connectivity index (χ1) is 12.9. The minimum atomic E-state index is -0.836. The Morgan fingerprint density at radius 2 is 1.81 bits per heavy atom. The van der Waals surface area contributed by atoms with Gasteiger partial charge in [-0.15, -0.1) is 0 Å². The molecule has 1 amide bonds. The average molecular weight is 374 g/mol. The fraction of sp³-hybridized carbons (Fsp3) is 0.316. The molecule has 0 saturated heterocycles. The second kappa shape index (κ2) is 9.42. The van der Waals surface area contributed by atoms with E-state index in [2.05, 4.69) is 5.32 Å². The van der Waals surface area contributed by atoms with Gasteiger partial charge in [-0.2, -0.15) is 0 Å². The lowest BCUT2D eigenvalue weighted by molar-refractivity contribution is -0.385. The van der Waals surface area contributed by atoms with Crippen molar-refractivity contribution in [1.82, 2.24) is 5.32 Å². The number of carbonyl (C=O) groups is 1. The Hall–Kier alpha value is -3.29. The first kappa shape index (κ1) is 20.0. The van der Waals surface area contributed by atoms with Crippen molar-refractivity contribution in [2.24, 2.45) is 0 Å². The number of carbonyl (C=O) groups excluding carboxylic acids is 1. The molecule has 0 radical (unpaired) electrons. The summed E-state index contributed by atoms with van der Waals surface area (Å²) in [6, 6.07) is 11.6. The van der Waals surface area contributed by atoms with Gasteiger partial charge in [-0.05, 0) is 37.1 Å². The summed E-state index contributed by atoms with van der Waals surface area (Å²) < 4.78 is 15.8. The van der Waals surface area contributed by atoms with Crippen LogP contribution in [0, 0.1) is 10.1 Å². The first-order valence-corrected chi connectivity index (χ1v) is 8.34. The topological polar surface area (TPSA) is 99.9 Å². The Bertz CT molecular complexity index is 791. The Morgan fingerprint density at radius 1 is 1.11 bits per heavy atom. The third-order valence-electron chi connectivity index (χ3n) is 3.90. The zero-order valence-electron chi connectivity index (χ0n) is 15.4. The molecule has 0 bridgehead atoms. The quantitative estimate of drug-likeness (QED) is 0.535. The summed E-state index contributed by atoms with van der Waals surface area (Å²) in [5.74, 6) is 0.913. The van der Waals surface area contributed by atoms with Crippen molar-refractivity contribution >= 4 is 11.6 Å². The van der Waals surface area contributed by atoms with E-state index in [1.54, 1.807) is 14.0 Å². The molecular weight excluding hydrogens is 352 g/mol. The van der Waals surface area contributed by atoms with Crippen molar-refractivity contribution in [2.75, 3.05) is 20.8 Å². The van der Waals surface area contributed by atoms with Crippen LogP contribution < -0.4 is 19.5 Å². The summed E-state index contributed by atoms with van der Waals surface area (Å²) >= 11 is 0. The van der Waals surface area contributed by atoms with Crippen molar-refractivity contribution < 1.29 is 23.9 Å². The van der Waals surface area contributed by atoms with Crippen molar-refractivity contribution in [2.45, 2.75) is 19.4 Å². The summed E-state index contributed by atoms with van der Waals surface area (Å²) in [6.07, 6.45) is -0.181. The molecule has 0 heterocycles. The summed E-state index contributed by atoms with van der Waals surface area (Å²) in [5.41, 5.74) is 0.919. The number of nitrogens with one attached hydrogen (secondary N) is 1. The molecule has 1 atom stereocenters. The van der Waals surface area contributed by atoms with E-state index in [0.717, 1.165) is 11.3 Å². The number of amides is 1. The Balaban J connectivity index is 1.91. The van der Waals surface area contributed by atoms with Crippen molar-refractivity contribution in [3.63, 3.8) is 0 Å². The lowest BCUT2D eigenvalue weighted by Gasteiger charge is -2.16. The van der Waals surface area contributed by atoms with Crippen LogP contribution >= 0.6 is 0 Å². The molecule has 0 aromatic heterocycles. The number of ether oxygens (including phenoxy) is 3. The molecule has 0 unspecified atom stereocenters. The molecule has 0 aliphatic rings. The highest BCUT2D eigenvalue weighted by Crippen LogP contribution is 2.31. The maximum Gasteiger partial charge on any atom is 0.273 e. The molecule has 8 heteroatoms. The van der Waals surface area contributed by atoms with Gasteiger partial charge >= 0.3 is 0 Å². The van der Waals surface area contributed by atoms with Crippen LogP contribution in [0.4, 0.5) is 5.69 Å². The molecule has 8 nitrogen and oxygen atoms in total. The zero-order valence-corrected chi connectivity index (χ0v) is 15.4. The molecular formula is C19H22N2O6. The van der Waals surface area contributed by atoms with E-state index in [9.17, 15) is 14.9 Å². The number of methoxy groups -OCH3 is 2. The fourth-order valence-corrected chi connectivity index (χ4v) is 2.38. The second-order valence-electron chi connectivity index (χ2n) is 5.74. The lowest BCUT2D eigenvalue weighted by Crippen LogP contribution is -2.37. The Labute approximate surface area is 157 Å². The van der Waals surface area contributed by atoms with E-state index in [1.165, 1.54) is 25.3 Å². The van der Waals surface area contributed by atoms with Crippen molar-refractivity contribution in [3.05, 3.63) is 58.1 Å². The van der Waals surface area contributed by atoms with Gasteiger partial charge in [0.25, 0.3) is 11.6 Å². The van der Waals surface area contributed by atoms with E-state index in [1.807, 2.05) is 24.3 Å². The molecule has 2 rings (SSSR count). The molecule has 1 N–H and O–H groups in total. The second-order valence-corrected chi connectivity index (χ2v) is 5.74. The van der Waals surface area contributed by atoms with Gasteiger partial charge < -0.3 is 19.5 Å². The van der Waals surface area contributed by atoms with Gasteiger partial charge in [-0.3, -0.25) is 14.9 Å². The molecule has 144 valence electrons. The van der Waals surface area contributed by atoms with Gasteiger partial charge in [0.2, 0.25) is 0 Å². The lowest BCUT2D eigenvalue weighted by atomic mass is 10.1. The van der Waals surface area contributed by atoms with Crippen LogP contribution in [0.1, 0.15) is 12.5 Å². The third-order valence-corrected chi connectivity index (χ3v) is 3.90. The van der Waals surface area contributed by atoms with Gasteiger partial charge in [0.15, 0.2) is 17.6 Å². The highest BCUT2D eigenvalue weighted by atomic mass is 16.6. The molecule has 0 aliphatic carbocycles.